The predicted molar refractivity (Wildman–Crippen MR) is 200 cm³/mol. The summed E-state index contributed by atoms with van der Waals surface area (Å²) < 4.78 is 5.49. The summed E-state index contributed by atoms with van der Waals surface area (Å²) in [6, 6.07) is 14.0. The van der Waals surface area contributed by atoms with E-state index in [1.165, 1.54) is 11.1 Å². The second kappa shape index (κ2) is 26.6. The van der Waals surface area contributed by atoms with Crippen LogP contribution in [-0.2, 0) is 52.1 Å². The molecule has 0 aromatic heterocycles. The number of phenolic OH excluding ortho intramolecular Hbond substituents is 2. The normalized spacial score (nSPS) is 10.6. The third-order valence-electron chi connectivity index (χ3n) is 7.66. The molecule has 3 aromatic rings. The number of carboxylic acid groups (broad SMARTS) is 2. The molecule has 3 rings (SSSR count). The van der Waals surface area contributed by atoms with Crippen molar-refractivity contribution in [1.29, 1.82) is 0 Å². The van der Waals surface area contributed by atoms with Gasteiger partial charge in [0.25, 0.3) is 0 Å². The summed E-state index contributed by atoms with van der Waals surface area (Å²) in [6.07, 6.45) is 15.8. The van der Waals surface area contributed by atoms with Crippen LogP contribution in [0.25, 0.3) is 0 Å². The SMILES string of the molecule is CC(=O)[O-].CC(=O)[O-].CCCCc1cc(C=Nc2ccc(OC)cc2N=Cc2cc(CCCC)cc(CCCC)c2O)c(O)c(CCCC)c1.[Co+2]. The molecule has 51 heavy (non-hydrogen) atoms. The van der Waals surface area contributed by atoms with Gasteiger partial charge in [-0.1, -0.05) is 65.5 Å². The first-order valence-corrected chi connectivity index (χ1v) is 17.7. The van der Waals surface area contributed by atoms with Crippen molar-refractivity contribution in [2.24, 2.45) is 9.98 Å². The number of carbonyl (C=O) groups excluding carboxylic acids is 2. The molecular weight excluding hydrogens is 691 g/mol. The van der Waals surface area contributed by atoms with Crippen LogP contribution in [0.3, 0.4) is 0 Å². The number of nitrogens with zero attached hydrogens (tertiary/aromatic N) is 2. The summed E-state index contributed by atoms with van der Waals surface area (Å²) in [5, 5.41) is 40.0. The number of carboxylic acids is 2. The Hall–Kier alpha value is -4.15. The van der Waals surface area contributed by atoms with Crippen molar-refractivity contribution in [3.63, 3.8) is 0 Å². The predicted octanol–water partition coefficient (Wildman–Crippen LogP) is 7.49. The van der Waals surface area contributed by atoms with E-state index >= 15 is 0 Å². The minimum absolute atomic E-state index is 0. The van der Waals surface area contributed by atoms with E-state index in [1.54, 1.807) is 19.5 Å². The van der Waals surface area contributed by atoms with Crippen LogP contribution >= 0.6 is 0 Å². The Kier molecular flexibility index (Phi) is 24.5. The van der Waals surface area contributed by atoms with Gasteiger partial charge in [0.2, 0.25) is 0 Å². The number of carbonyl (C=O) groups is 2. The number of benzene rings is 3. The zero-order valence-electron chi connectivity index (χ0n) is 31.3. The number of unbranched alkanes of at least 4 members (excludes halogenated alkanes) is 4. The first-order valence-electron chi connectivity index (χ1n) is 17.7. The van der Waals surface area contributed by atoms with Gasteiger partial charge in [-0.25, -0.2) is 0 Å². The second-order valence-electron chi connectivity index (χ2n) is 12.2. The number of aliphatic imine (C=N–C) groups is 2. The number of hydrogen-bond acceptors (Lipinski definition) is 9. The quantitative estimate of drug-likeness (QED) is 0.136. The van der Waals surface area contributed by atoms with Gasteiger partial charge >= 0.3 is 16.8 Å². The van der Waals surface area contributed by atoms with E-state index in [2.05, 4.69) is 39.8 Å². The molecule has 1 radical (unpaired) electrons. The van der Waals surface area contributed by atoms with Gasteiger partial charge in [-0.05, 0) is 112 Å². The summed E-state index contributed by atoms with van der Waals surface area (Å²) in [5.74, 6) is -0.884. The molecule has 0 spiro atoms. The summed E-state index contributed by atoms with van der Waals surface area (Å²) in [5.41, 5.74) is 7.15. The van der Waals surface area contributed by atoms with Gasteiger partial charge in [0.05, 0.1) is 18.5 Å². The molecule has 0 heterocycles. The molecule has 3 aromatic carbocycles. The molecule has 0 amide bonds. The van der Waals surface area contributed by atoms with E-state index in [0.717, 1.165) is 108 Å². The van der Waals surface area contributed by atoms with Crippen molar-refractivity contribution in [1.82, 2.24) is 0 Å². The maximum atomic E-state index is 11.1. The van der Waals surface area contributed by atoms with Crippen molar-refractivity contribution in [3.8, 4) is 17.2 Å². The smallest absolute Gasteiger partial charge is 0.550 e. The molecule has 0 saturated carbocycles. The van der Waals surface area contributed by atoms with E-state index in [4.69, 9.17) is 34.5 Å². The van der Waals surface area contributed by atoms with Crippen LogP contribution in [0.2, 0.25) is 0 Å². The minimum atomic E-state index is -1.08. The van der Waals surface area contributed by atoms with Crippen LogP contribution in [0.15, 0.2) is 52.4 Å². The van der Waals surface area contributed by atoms with E-state index in [1.807, 2.05) is 30.3 Å². The largest absolute Gasteiger partial charge is 2.00 e. The van der Waals surface area contributed by atoms with Gasteiger partial charge in [-0.2, -0.15) is 0 Å². The average molecular weight is 748 g/mol. The number of aromatic hydroxyl groups is 2. The van der Waals surface area contributed by atoms with Crippen molar-refractivity contribution in [2.75, 3.05) is 7.11 Å². The van der Waals surface area contributed by atoms with Crippen molar-refractivity contribution in [2.45, 2.75) is 119 Å². The Bertz CT molecular complexity index is 1530. The molecule has 0 bridgehead atoms. The standard InChI is InChI=1S/C37H50N2O3.2C2H4O2.Co/c1-6-10-14-27-20-29(16-12-8-3)36(40)31(22-27)25-38-34-19-18-33(42-5)24-35(34)39-26-32-23-28(15-11-7-2)21-30(37(32)41)17-13-9-4;2*1-2(3)4;/h18-26,40-41H,6-17H2,1-5H3;2*1H3,(H,3,4);/q;;;+2/p-2. The van der Waals surface area contributed by atoms with Crippen molar-refractivity contribution < 1.29 is 51.5 Å². The number of hydrogen-bond donors (Lipinski definition) is 2. The fourth-order valence-electron chi connectivity index (χ4n) is 5.06. The molecule has 2 N–H and O–H groups in total. The Balaban J connectivity index is 0.00000251. The van der Waals surface area contributed by atoms with Crippen LogP contribution in [0, 0.1) is 0 Å². The minimum Gasteiger partial charge on any atom is -0.550 e. The molecule has 281 valence electrons. The topological polar surface area (TPSA) is 155 Å². The summed E-state index contributed by atoms with van der Waals surface area (Å²) in [6.45, 7) is 10.7. The third-order valence-corrected chi connectivity index (χ3v) is 7.66. The fourth-order valence-corrected chi connectivity index (χ4v) is 5.06. The molecule has 0 aliphatic heterocycles. The van der Waals surface area contributed by atoms with E-state index in [0.29, 0.717) is 34.2 Å². The molecule has 0 aliphatic carbocycles. The molecule has 0 fully saturated rings. The Morgan fingerprint density at radius 3 is 1.39 bits per heavy atom. The van der Waals surface area contributed by atoms with Crippen LogP contribution < -0.4 is 14.9 Å². The number of ether oxygens (including phenoxy) is 1. The first-order chi connectivity index (χ1) is 23.9. The fraction of sp³-hybridized carbons (Fsp3) is 0.463. The summed E-state index contributed by atoms with van der Waals surface area (Å²) in [7, 11) is 1.63. The summed E-state index contributed by atoms with van der Waals surface area (Å²) in [4.78, 5) is 27.4. The Labute approximate surface area is 315 Å². The number of methoxy groups -OCH3 is 1. The molecule has 0 aliphatic rings. The molecule has 10 heteroatoms. The maximum Gasteiger partial charge on any atom is 2.00 e. The van der Waals surface area contributed by atoms with E-state index in [-0.39, 0.29) is 16.8 Å². The molecule has 0 atom stereocenters. The van der Waals surface area contributed by atoms with Gasteiger partial charge in [0, 0.05) is 41.6 Å². The van der Waals surface area contributed by atoms with Crippen LogP contribution in [0.1, 0.15) is 126 Å². The van der Waals surface area contributed by atoms with Crippen molar-refractivity contribution in [3.05, 3.63) is 75.8 Å². The number of phenols is 2. The van der Waals surface area contributed by atoms with Crippen molar-refractivity contribution >= 4 is 35.7 Å². The van der Waals surface area contributed by atoms with Crippen LogP contribution in [-0.4, -0.2) is 41.7 Å². The first kappa shape index (κ1) is 46.8. The zero-order chi connectivity index (χ0) is 37.5. The summed E-state index contributed by atoms with van der Waals surface area (Å²) >= 11 is 0. The van der Waals surface area contributed by atoms with Gasteiger partial charge < -0.3 is 34.8 Å². The average Bonchev–Trinajstić information content (AvgIpc) is 3.08. The second-order valence-corrected chi connectivity index (χ2v) is 12.2. The molecular formula is C41H56CoN2O7. The van der Waals surface area contributed by atoms with Crippen LogP contribution in [0.5, 0.6) is 17.2 Å². The van der Waals surface area contributed by atoms with E-state index in [9.17, 15) is 10.2 Å². The van der Waals surface area contributed by atoms with Crippen LogP contribution in [0.4, 0.5) is 11.4 Å². The number of rotatable bonds is 17. The van der Waals surface area contributed by atoms with Gasteiger partial charge in [0.15, 0.2) is 0 Å². The molecule has 0 unspecified atom stereocenters. The van der Waals surface area contributed by atoms with E-state index < -0.39 is 11.9 Å². The van der Waals surface area contributed by atoms with Gasteiger partial charge in [-0.3, -0.25) is 9.98 Å². The zero-order valence-corrected chi connectivity index (χ0v) is 32.4. The maximum absolute atomic E-state index is 11.1. The molecule has 0 saturated heterocycles. The third kappa shape index (κ3) is 18.6. The number of aliphatic carboxylic acids is 2. The molecule has 9 nitrogen and oxygen atoms in total. The Morgan fingerprint density at radius 1 is 0.647 bits per heavy atom. The van der Waals surface area contributed by atoms with Gasteiger partial charge in [-0.15, -0.1) is 0 Å². The number of aryl methyl sites for hydroxylation is 4. The van der Waals surface area contributed by atoms with Gasteiger partial charge in [0.1, 0.15) is 17.2 Å². The Morgan fingerprint density at radius 2 is 1.02 bits per heavy atom. The monoisotopic (exact) mass is 747 g/mol.